The molecule has 158 valence electrons. The van der Waals surface area contributed by atoms with Crippen LogP contribution in [0.15, 0.2) is 60.7 Å². The van der Waals surface area contributed by atoms with Crippen molar-refractivity contribution in [1.29, 1.82) is 0 Å². The van der Waals surface area contributed by atoms with Gasteiger partial charge in [-0.05, 0) is 29.8 Å². The molecule has 0 atom stereocenters. The van der Waals surface area contributed by atoms with Crippen molar-refractivity contribution in [2.75, 3.05) is 19.1 Å². The molecular weight excluding hydrogens is 422 g/mol. The van der Waals surface area contributed by atoms with Crippen molar-refractivity contribution in [2.24, 2.45) is 0 Å². The molecule has 4 aromatic rings. The van der Waals surface area contributed by atoms with Crippen LogP contribution in [0, 0.1) is 11.6 Å². The van der Waals surface area contributed by atoms with Crippen LogP contribution in [-0.4, -0.2) is 25.1 Å². The van der Waals surface area contributed by atoms with E-state index in [-0.39, 0.29) is 12.1 Å². The minimum absolute atomic E-state index is 0.154. The van der Waals surface area contributed by atoms with Gasteiger partial charge < -0.3 is 9.47 Å². The van der Waals surface area contributed by atoms with E-state index in [4.69, 9.17) is 9.47 Å². The summed E-state index contributed by atoms with van der Waals surface area (Å²) in [5, 5.41) is 0.343. The molecule has 1 heterocycles. The molecular formula is C23H18F2N2O3S. The highest BCUT2D eigenvalue weighted by Gasteiger charge is 2.26. The number of carbonyl (C=O) groups is 1. The summed E-state index contributed by atoms with van der Waals surface area (Å²) in [6, 6.07) is 15.6. The Bertz CT molecular complexity index is 1200. The number of carbonyl (C=O) groups excluding carboxylic acids is 1. The van der Waals surface area contributed by atoms with Crippen molar-refractivity contribution in [2.45, 2.75) is 6.54 Å². The molecule has 0 saturated heterocycles. The lowest BCUT2D eigenvalue weighted by atomic mass is 10.1. The lowest BCUT2D eigenvalue weighted by molar-refractivity contribution is 0.0981. The number of nitrogens with zero attached hydrogens (tertiary/aromatic N) is 2. The Kier molecular flexibility index (Phi) is 5.81. The molecule has 5 nitrogen and oxygen atoms in total. The van der Waals surface area contributed by atoms with Crippen molar-refractivity contribution < 1.29 is 23.0 Å². The first-order valence-electron chi connectivity index (χ1n) is 9.34. The number of halogens is 2. The van der Waals surface area contributed by atoms with Gasteiger partial charge in [-0.15, -0.1) is 0 Å². The Morgan fingerprint density at radius 2 is 1.71 bits per heavy atom. The SMILES string of the molecule is COc1ccc(OC)c2sc(N(Cc3ccccc3)C(=O)c3ccc(F)cc3F)nc12. The fourth-order valence-corrected chi connectivity index (χ4v) is 4.26. The number of ether oxygens (including phenoxy) is 2. The summed E-state index contributed by atoms with van der Waals surface area (Å²) in [5.41, 5.74) is 1.12. The maximum atomic E-state index is 14.4. The van der Waals surface area contributed by atoms with Crippen LogP contribution in [0.25, 0.3) is 10.2 Å². The molecule has 1 aromatic heterocycles. The number of thiazole rings is 1. The molecule has 1 amide bonds. The van der Waals surface area contributed by atoms with Crippen LogP contribution in [0.5, 0.6) is 11.5 Å². The molecule has 0 saturated carbocycles. The third kappa shape index (κ3) is 4.06. The summed E-state index contributed by atoms with van der Waals surface area (Å²) >= 11 is 1.23. The zero-order chi connectivity index (χ0) is 22.0. The molecule has 0 spiro atoms. The zero-order valence-corrected chi connectivity index (χ0v) is 17.6. The molecule has 0 aliphatic rings. The average molecular weight is 440 g/mol. The molecule has 0 radical (unpaired) electrons. The third-order valence-electron chi connectivity index (χ3n) is 4.72. The molecule has 4 rings (SSSR count). The molecule has 0 aliphatic heterocycles. The predicted octanol–water partition coefficient (Wildman–Crippen LogP) is 5.44. The highest BCUT2D eigenvalue weighted by atomic mass is 32.1. The second kappa shape index (κ2) is 8.69. The smallest absolute Gasteiger partial charge is 0.263 e. The molecule has 31 heavy (non-hydrogen) atoms. The summed E-state index contributed by atoms with van der Waals surface area (Å²) in [6.45, 7) is 0.154. The second-order valence-corrected chi connectivity index (χ2v) is 7.62. The summed E-state index contributed by atoms with van der Waals surface area (Å²) in [6.07, 6.45) is 0. The molecule has 0 N–H and O–H groups in total. The first kappa shape index (κ1) is 20.7. The maximum absolute atomic E-state index is 14.4. The standard InChI is InChI=1S/C23H18F2N2O3S/c1-29-18-10-11-19(30-2)21-20(18)26-23(31-21)27(13-14-6-4-3-5-7-14)22(28)16-9-8-15(24)12-17(16)25/h3-12H,13H2,1-2H3. The zero-order valence-electron chi connectivity index (χ0n) is 16.8. The van der Waals surface area contributed by atoms with Crippen molar-refractivity contribution in [3.05, 3.63) is 83.4 Å². The van der Waals surface area contributed by atoms with Crippen LogP contribution in [0.2, 0.25) is 0 Å². The Morgan fingerprint density at radius 3 is 2.39 bits per heavy atom. The normalized spacial score (nSPS) is 10.8. The number of fused-ring (bicyclic) bond motifs is 1. The summed E-state index contributed by atoms with van der Waals surface area (Å²) < 4.78 is 39.3. The summed E-state index contributed by atoms with van der Waals surface area (Å²) in [4.78, 5) is 19.3. The molecule has 0 aliphatic carbocycles. The lowest BCUT2D eigenvalue weighted by Crippen LogP contribution is -2.31. The van der Waals surface area contributed by atoms with Crippen molar-refractivity contribution >= 4 is 32.6 Å². The third-order valence-corrected chi connectivity index (χ3v) is 5.81. The Balaban J connectivity index is 1.85. The van der Waals surface area contributed by atoms with Gasteiger partial charge in [0.2, 0.25) is 0 Å². The summed E-state index contributed by atoms with van der Waals surface area (Å²) in [5.74, 6) is -1.20. The van der Waals surface area contributed by atoms with E-state index < -0.39 is 17.5 Å². The van der Waals surface area contributed by atoms with Gasteiger partial charge in [-0.1, -0.05) is 41.7 Å². The highest BCUT2D eigenvalue weighted by molar-refractivity contribution is 7.22. The van der Waals surface area contributed by atoms with E-state index in [1.165, 1.54) is 23.3 Å². The van der Waals surface area contributed by atoms with Crippen LogP contribution in [-0.2, 0) is 6.54 Å². The van der Waals surface area contributed by atoms with Crippen LogP contribution in [0.3, 0.4) is 0 Å². The largest absolute Gasteiger partial charge is 0.495 e. The van der Waals surface area contributed by atoms with Crippen molar-refractivity contribution in [3.63, 3.8) is 0 Å². The van der Waals surface area contributed by atoms with Crippen LogP contribution >= 0.6 is 11.3 Å². The predicted molar refractivity (Wildman–Crippen MR) is 116 cm³/mol. The van der Waals surface area contributed by atoms with E-state index in [2.05, 4.69) is 4.98 Å². The van der Waals surface area contributed by atoms with Gasteiger partial charge >= 0.3 is 0 Å². The van der Waals surface area contributed by atoms with E-state index >= 15 is 0 Å². The van der Waals surface area contributed by atoms with Gasteiger partial charge in [-0.3, -0.25) is 9.69 Å². The van der Waals surface area contributed by atoms with Gasteiger partial charge in [0.05, 0.1) is 26.3 Å². The minimum Gasteiger partial charge on any atom is -0.495 e. The van der Waals surface area contributed by atoms with Crippen molar-refractivity contribution in [3.8, 4) is 11.5 Å². The average Bonchev–Trinajstić information content (AvgIpc) is 3.22. The van der Waals surface area contributed by atoms with Gasteiger partial charge in [0.1, 0.15) is 33.4 Å². The molecule has 0 bridgehead atoms. The molecule has 0 unspecified atom stereocenters. The number of hydrogen-bond acceptors (Lipinski definition) is 5. The Hall–Kier alpha value is -3.52. The number of amides is 1. The fraction of sp³-hybridized carbons (Fsp3) is 0.130. The quantitative estimate of drug-likeness (QED) is 0.401. The number of hydrogen-bond donors (Lipinski definition) is 0. The van der Waals surface area contributed by atoms with Gasteiger partial charge in [0.25, 0.3) is 5.91 Å². The number of rotatable bonds is 6. The van der Waals surface area contributed by atoms with Crippen molar-refractivity contribution in [1.82, 2.24) is 4.98 Å². The first-order chi connectivity index (χ1) is 15.0. The monoisotopic (exact) mass is 440 g/mol. The molecule has 3 aromatic carbocycles. The number of benzene rings is 3. The topological polar surface area (TPSA) is 51.7 Å². The van der Waals surface area contributed by atoms with Gasteiger partial charge in [-0.2, -0.15) is 0 Å². The summed E-state index contributed by atoms with van der Waals surface area (Å²) in [7, 11) is 3.07. The minimum atomic E-state index is -0.931. The first-order valence-corrected chi connectivity index (χ1v) is 10.2. The highest BCUT2D eigenvalue weighted by Crippen LogP contribution is 2.40. The number of anilines is 1. The van der Waals surface area contributed by atoms with Gasteiger partial charge in [0.15, 0.2) is 5.13 Å². The number of methoxy groups -OCH3 is 2. The molecule has 0 fully saturated rings. The Labute approximate surface area is 181 Å². The van der Waals surface area contributed by atoms with Crippen LogP contribution in [0.4, 0.5) is 13.9 Å². The maximum Gasteiger partial charge on any atom is 0.263 e. The van der Waals surface area contributed by atoms with Crippen LogP contribution < -0.4 is 14.4 Å². The number of aromatic nitrogens is 1. The van der Waals surface area contributed by atoms with Gasteiger partial charge in [-0.25, -0.2) is 13.8 Å². The Morgan fingerprint density at radius 1 is 1.00 bits per heavy atom. The lowest BCUT2D eigenvalue weighted by Gasteiger charge is -2.20. The second-order valence-electron chi connectivity index (χ2n) is 6.65. The molecule has 8 heteroatoms. The fourth-order valence-electron chi connectivity index (χ4n) is 3.19. The van der Waals surface area contributed by atoms with E-state index in [1.54, 1.807) is 19.2 Å². The van der Waals surface area contributed by atoms with E-state index in [1.807, 2.05) is 30.3 Å². The van der Waals surface area contributed by atoms with Gasteiger partial charge in [0, 0.05) is 6.07 Å². The van der Waals surface area contributed by atoms with E-state index in [0.717, 1.165) is 17.7 Å². The van der Waals surface area contributed by atoms with E-state index in [9.17, 15) is 13.6 Å². The van der Waals surface area contributed by atoms with E-state index in [0.29, 0.717) is 32.9 Å². The van der Waals surface area contributed by atoms with Crippen LogP contribution in [0.1, 0.15) is 15.9 Å².